The van der Waals surface area contributed by atoms with Gasteiger partial charge in [-0.2, -0.15) is 11.8 Å². The molecule has 19 heavy (non-hydrogen) atoms. The van der Waals surface area contributed by atoms with E-state index in [2.05, 4.69) is 16.6 Å². The summed E-state index contributed by atoms with van der Waals surface area (Å²) in [4.78, 5) is 15.1. The summed E-state index contributed by atoms with van der Waals surface area (Å²) in [5.74, 6) is -0.546. The van der Waals surface area contributed by atoms with Crippen LogP contribution < -0.4 is 5.32 Å². The summed E-state index contributed by atoms with van der Waals surface area (Å²) < 4.78 is 0. The van der Waals surface area contributed by atoms with Crippen molar-refractivity contribution in [1.29, 1.82) is 0 Å². The maximum Gasteiger partial charge on any atom is 0.337 e. The number of halogens is 1. The molecule has 1 fully saturated rings. The molecule has 0 aliphatic heterocycles. The highest BCUT2D eigenvalue weighted by molar-refractivity contribution is 7.99. The summed E-state index contributed by atoms with van der Waals surface area (Å²) in [6.07, 6.45) is 8.12. The third-order valence-corrected chi connectivity index (χ3v) is 4.99. The standard InChI is InChI=1S/C13H17ClN2O2S/c1-19-9-4-2-8(3-5-9)16-12-11(14)10(13(17)18)6-7-15-12/h6-9H,2-5H2,1H3,(H,15,16)(H,17,18). The topological polar surface area (TPSA) is 62.2 Å². The molecule has 0 saturated heterocycles. The molecule has 4 nitrogen and oxygen atoms in total. The molecule has 6 heteroatoms. The van der Waals surface area contributed by atoms with Gasteiger partial charge in [-0.25, -0.2) is 9.78 Å². The second-order valence-corrected chi connectivity index (χ2v) is 6.20. The summed E-state index contributed by atoms with van der Waals surface area (Å²) in [5, 5.41) is 13.2. The predicted molar refractivity (Wildman–Crippen MR) is 79.4 cm³/mol. The summed E-state index contributed by atoms with van der Waals surface area (Å²) in [5.41, 5.74) is 0.0944. The lowest BCUT2D eigenvalue weighted by atomic mass is 9.95. The van der Waals surface area contributed by atoms with Gasteiger partial charge in [0.2, 0.25) is 0 Å². The third-order valence-electron chi connectivity index (χ3n) is 3.47. The third kappa shape index (κ3) is 3.54. The molecule has 0 atom stereocenters. The Morgan fingerprint density at radius 2 is 2.16 bits per heavy atom. The molecule has 1 saturated carbocycles. The lowest BCUT2D eigenvalue weighted by Crippen LogP contribution is -2.27. The van der Waals surface area contributed by atoms with Crippen LogP contribution in [-0.4, -0.2) is 33.6 Å². The van der Waals surface area contributed by atoms with Crippen molar-refractivity contribution in [2.24, 2.45) is 0 Å². The zero-order valence-corrected chi connectivity index (χ0v) is 12.3. The van der Waals surface area contributed by atoms with Gasteiger partial charge in [0.15, 0.2) is 0 Å². The Morgan fingerprint density at radius 1 is 1.47 bits per heavy atom. The van der Waals surface area contributed by atoms with Crippen molar-refractivity contribution in [1.82, 2.24) is 4.98 Å². The molecule has 2 rings (SSSR count). The SMILES string of the molecule is CSC1CCC(Nc2nccc(C(=O)O)c2Cl)CC1. The van der Waals surface area contributed by atoms with Crippen LogP contribution in [0.15, 0.2) is 12.3 Å². The monoisotopic (exact) mass is 300 g/mol. The molecule has 0 spiro atoms. The molecule has 1 aliphatic carbocycles. The van der Waals surface area contributed by atoms with Crippen LogP contribution in [0, 0.1) is 0 Å². The van der Waals surface area contributed by atoms with Gasteiger partial charge in [-0.15, -0.1) is 0 Å². The quantitative estimate of drug-likeness (QED) is 0.891. The largest absolute Gasteiger partial charge is 0.478 e. The van der Waals surface area contributed by atoms with Gasteiger partial charge in [-0.05, 0) is 38.0 Å². The Labute approximate surface area is 121 Å². The van der Waals surface area contributed by atoms with E-state index in [1.54, 1.807) is 0 Å². The van der Waals surface area contributed by atoms with Gasteiger partial charge in [0.25, 0.3) is 0 Å². The normalized spacial score (nSPS) is 23.1. The first-order valence-corrected chi connectivity index (χ1v) is 7.95. The number of hydrogen-bond acceptors (Lipinski definition) is 4. The molecule has 1 aromatic rings. The van der Waals surface area contributed by atoms with Crippen molar-refractivity contribution in [3.8, 4) is 0 Å². The van der Waals surface area contributed by atoms with Crippen molar-refractivity contribution < 1.29 is 9.90 Å². The van der Waals surface area contributed by atoms with E-state index in [0.29, 0.717) is 11.9 Å². The Kier molecular flexibility index (Phi) is 4.93. The first-order chi connectivity index (χ1) is 9.11. The Balaban J connectivity index is 2.04. The molecule has 104 valence electrons. The molecular formula is C13H17ClN2O2S. The second kappa shape index (κ2) is 6.48. The van der Waals surface area contributed by atoms with E-state index in [1.807, 2.05) is 11.8 Å². The first-order valence-electron chi connectivity index (χ1n) is 6.29. The number of aromatic nitrogens is 1. The van der Waals surface area contributed by atoms with E-state index in [1.165, 1.54) is 25.1 Å². The van der Waals surface area contributed by atoms with Crippen LogP contribution in [0.4, 0.5) is 5.82 Å². The number of thioether (sulfide) groups is 1. The van der Waals surface area contributed by atoms with Crippen LogP contribution in [0.25, 0.3) is 0 Å². The number of carbonyl (C=O) groups is 1. The maximum atomic E-state index is 11.0. The molecule has 1 heterocycles. The number of carboxylic acid groups (broad SMARTS) is 1. The number of nitrogens with one attached hydrogen (secondary N) is 1. The van der Waals surface area contributed by atoms with Gasteiger partial charge < -0.3 is 10.4 Å². The number of hydrogen-bond donors (Lipinski definition) is 2. The van der Waals surface area contributed by atoms with Crippen LogP contribution in [0.1, 0.15) is 36.0 Å². The van der Waals surface area contributed by atoms with E-state index in [-0.39, 0.29) is 10.6 Å². The second-order valence-electron chi connectivity index (χ2n) is 4.68. The van der Waals surface area contributed by atoms with Crippen LogP contribution in [0.2, 0.25) is 5.02 Å². The summed E-state index contributed by atoms with van der Waals surface area (Å²) in [6, 6.07) is 1.75. The average molecular weight is 301 g/mol. The number of nitrogens with zero attached hydrogens (tertiary/aromatic N) is 1. The van der Waals surface area contributed by atoms with E-state index in [9.17, 15) is 4.79 Å². The molecule has 0 radical (unpaired) electrons. The Bertz CT molecular complexity index is 462. The number of rotatable bonds is 4. The lowest BCUT2D eigenvalue weighted by Gasteiger charge is -2.28. The smallest absolute Gasteiger partial charge is 0.337 e. The molecule has 0 amide bonds. The van der Waals surface area contributed by atoms with Crippen LogP contribution in [0.5, 0.6) is 0 Å². The average Bonchev–Trinajstić information content (AvgIpc) is 2.41. The maximum absolute atomic E-state index is 11.0. The van der Waals surface area contributed by atoms with Crippen LogP contribution in [0.3, 0.4) is 0 Å². The molecule has 0 bridgehead atoms. The fraction of sp³-hybridized carbons (Fsp3) is 0.538. The molecular weight excluding hydrogens is 284 g/mol. The summed E-state index contributed by atoms with van der Waals surface area (Å²) in [6.45, 7) is 0. The van der Waals surface area contributed by atoms with Crippen molar-refractivity contribution in [3.63, 3.8) is 0 Å². The van der Waals surface area contributed by atoms with Gasteiger partial charge in [0.05, 0.1) is 10.6 Å². The number of pyridine rings is 1. The number of anilines is 1. The zero-order chi connectivity index (χ0) is 13.8. The van der Waals surface area contributed by atoms with Gasteiger partial charge in [-0.1, -0.05) is 11.6 Å². The summed E-state index contributed by atoms with van der Waals surface area (Å²) in [7, 11) is 0. The molecule has 0 aromatic carbocycles. The molecule has 2 N–H and O–H groups in total. The van der Waals surface area contributed by atoms with Gasteiger partial charge in [-0.3, -0.25) is 0 Å². The van der Waals surface area contributed by atoms with Crippen LogP contribution in [-0.2, 0) is 0 Å². The van der Waals surface area contributed by atoms with Crippen molar-refractivity contribution >= 4 is 35.1 Å². The van der Waals surface area contributed by atoms with E-state index < -0.39 is 5.97 Å². The minimum atomic E-state index is -1.03. The number of aromatic carboxylic acids is 1. The van der Waals surface area contributed by atoms with E-state index in [0.717, 1.165) is 18.1 Å². The number of carboxylic acids is 1. The van der Waals surface area contributed by atoms with Crippen LogP contribution >= 0.6 is 23.4 Å². The van der Waals surface area contributed by atoms with E-state index in [4.69, 9.17) is 16.7 Å². The zero-order valence-electron chi connectivity index (χ0n) is 10.7. The van der Waals surface area contributed by atoms with Gasteiger partial charge in [0, 0.05) is 17.5 Å². The summed E-state index contributed by atoms with van der Waals surface area (Å²) >= 11 is 7.99. The fourth-order valence-electron chi connectivity index (χ4n) is 2.35. The first kappa shape index (κ1) is 14.5. The highest BCUT2D eigenvalue weighted by atomic mass is 35.5. The lowest BCUT2D eigenvalue weighted by molar-refractivity contribution is 0.0697. The molecule has 1 aromatic heterocycles. The van der Waals surface area contributed by atoms with Gasteiger partial charge >= 0.3 is 5.97 Å². The Hall–Kier alpha value is -0.940. The van der Waals surface area contributed by atoms with E-state index >= 15 is 0 Å². The minimum absolute atomic E-state index is 0.0944. The van der Waals surface area contributed by atoms with Crippen molar-refractivity contribution in [2.75, 3.05) is 11.6 Å². The molecule has 1 aliphatic rings. The minimum Gasteiger partial charge on any atom is -0.478 e. The fourth-order valence-corrected chi connectivity index (χ4v) is 3.34. The molecule has 0 unspecified atom stereocenters. The van der Waals surface area contributed by atoms with Crippen molar-refractivity contribution in [2.45, 2.75) is 37.0 Å². The van der Waals surface area contributed by atoms with Crippen molar-refractivity contribution in [3.05, 3.63) is 22.8 Å². The predicted octanol–water partition coefficient (Wildman–Crippen LogP) is 3.52. The van der Waals surface area contributed by atoms with Gasteiger partial charge in [0.1, 0.15) is 5.82 Å². The highest BCUT2D eigenvalue weighted by Gasteiger charge is 2.22. The Morgan fingerprint density at radius 3 is 2.74 bits per heavy atom. The highest BCUT2D eigenvalue weighted by Crippen LogP contribution is 2.30.